The van der Waals surface area contributed by atoms with Gasteiger partial charge in [-0.25, -0.2) is 0 Å². The van der Waals surface area contributed by atoms with Gasteiger partial charge in [0.2, 0.25) is 0 Å². The number of hydrogen-bond donors (Lipinski definition) is 2. The Labute approximate surface area is 296 Å². The maximum atomic E-state index is 12.6. The lowest BCUT2D eigenvalue weighted by molar-refractivity contribution is -0.249. The molecule has 0 aromatic rings. The van der Waals surface area contributed by atoms with E-state index in [1.807, 2.05) is 0 Å². The van der Waals surface area contributed by atoms with Crippen LogP contribution in [0.2, 0.25) is 0 Å². The maximum Gasteiger partial charge on any atom is 0.303 e. The third-order valence-electron chi connectivity index (χ3n) is 16.2. The molecule has 14 atom stereocenters. The minimum Gasteiger partial charge on any atom is -0.457 e. The highest BCUT2D eigenvalue weighted by Gasteiger charge is 2.84. The van der Waals surface area contributed by atoms with Crippen molar-refractivity contribution in [2.45, 2.75) is 170 Å². The molecule has 280 valence electrons. The summed E-state index contributed by atoms with van der Waals surface area (Å²) in [6.07, 6.45) is 6.81. The second-order valence-electron chi connectivity index (χ2n) is 21.0. The Hall–Kier alpha value is -0.770. The number of carbonyl (C=O) groups excluding carboxylic acids is 1. The van der Waals surface area contributed by atoms with Crippen LogP contribution in [0, 0.1) is 56.2 Å². The van der Waals surface area contributed by atoms with Crippen LogP contribution in [0.1, 0.15) is 128 Å². The van der Waals surface area contributed by atoms with Gasteiger partial charge in [0.05, 0.1) is 36.6 Å². The highest BCUT2D eigenvalue weighted by molar-refractivity contribution is 5.66. The zero-order valence-corrected chi connectivity index (χ0v) is 32.6. The molecule has 5 saturated carbocycles. The van der Waals surface area contributed by atoms with Crippen LogP contribution in [-0.2, 0) is 23.7 Å². The van der Waals surface area contributed by atoms with Crippen LogP contribution >= 0.6 is 0 Å². The monoisotopic (exact) mass is 688 g/mol. The first kappa shape index (κ1) is 36.6. The van der Waals surface area contributed by atoms with Crippen LogP contribution in [0.15, 0.2) is 0 Å². The predicted molar refractivity (Wildman–Crippen MR) is 188 cm³/mol. The minimum absolute atomic E-state index is 0.0489. The Morgan fingerprint density at radius 1 is 1.00 bits per heavy atom. The second-order valence-corrected chi connectivity index (χ2v) is 21.0. The molecule has 0 amide bonds. The number of morpholine rings is 1. The standard InChI is InChI=1S/C41H69NO7/c1-24-20-26(34(37(8,9)45)47-25(2)43)48-32-31(24)38(10)16-17-41-22-40(41)15-14-29(49-30-21-42(18-19-46-30)23-35(3,4)5)36(6,7)27(40)12-13-28(41)39(38,11)33(32)44/h24,26-34,44-45H,12-23H2,1-11H3/t24?,26-,27+,28+,29+,30+,31?,32+,33+,34+,38-,39-,40-,41+/m1/s1. The van der Waals surface area contributed by atoms with E-state index in [1.54, 1.807) is 13.8 Å². The summed E-state index contributed by atoms with van der Waals surface area (Å²) in [7, 11) is 0. The third-order valence-corrected chi connectivity index (χ3v) is 16.2. The van der Waals surface area contributed by atoms with Crippen molar-refractivity contribution in [3.05, 3.63) is 0 Å². The van der Waals surface area contributed by atoms with Gasteiger partial charge in [-0.1, -0.05) is 55.4 Å². The molecule has 2 unspecified atom stereocenters. The van der Waals surface area contributed by atoms with Crippen molar-refractivity contribution >= 4 is 5.97 Å². The van der Waals surface area contributed by atoms with Crippen molar-refractivity contribution in [2.24, 2.45) is 56.2 Å². The number of carbonyl (C=O) groups is 1. The zero-order chi connectivity index (χ0) is 35.7. The third kappa shape index (κ3) is 5.36. The van der Waals surface area contributed by atoms with Gasteiger partial charge in [0.1, 0.15) is 0 Å². The Morgan fingerprint density at radius 2 is 1.67 bits per heavy atom. The second kappa shape index (κ2) is 11.6. The molecule has 0 bridgehead atoms. The number of esters is 1. The summed E-state index contributed by atoms with van der Waals surface area (Å²) in [6.45, 7) is 27.5. The van der Waals surface area contributed by atoms with E-state index >= 15 is 0 Å². The van der Waals surface area contributed by atoms with Crippen molar-refractivity contribution in [1.29, 1.82) is 0 Å². The van der Waals surface area contributed by atoms with Crippen LogP contribution in [0.3, 0.4) is 0 Å². The average Bonchev–Trinajstić information content (AvgIpc) is 3.61. The van der Waals surface area contributed by atoms with E-state index in [0.29, 0.717) is 23.7 Å². The summed E-state index contributed by atoms with van der Waals surface area (Å²) in [5, 5.41) is 23.6. The lowest BCUT2D eigenvalue weighted by Crippen LogP contribution is -2.60. The molecule has 0 aromatic heterocycles. The van der Waals surface area contributed by atoms with Gasteiger partial charge < -0.3 is 29.2 Å². The molecular formula is C41H69NO7. The molecule has 7 rings (SSSR count). The summed E-state index contributed by atoms with van der Waals surface area (Å²) in [5.74, 6) is 1.14. The van der Waals surface area contributed by atoms with Crippen LogP contribution < -0.4 is 0 Å². The van der Waals surface area contributed by atoms with Crippen molar-refractivity contribution in [3.63, 3.8) is 0 Å². The summed E-state index contributed by atoms with van der Waals surface area (Å²) >= 11 is 0. The molecule has 2 aliphatic heterocycles. The molecule has 7 aliphatic rings. The highest BCUT2D eigenvalue weighted by Crippen LogP contribution is 2.89. The molecule has 49 heavy (non-hydrogen) atoms. The molecule has 5 aliphatic carbocycles. The molecule has 2 N–H and O–H groups in total. The van der Waals surface area contributed by atoms with Crippen molar-refractivity contribution in [3.8, 4) is 0 Å². The van der Waals surface area contributed by atoms with Crippen molar-refractivity contribution in [2.75, 3.05) is 26.2 Å². The first-order chi connectivity index (χ1) is 22.6. The van der Waals surface area contributed by atoms with Crippen molar-refractivity contribution < 1.29 is 34.0 Å². The van der Waals surface area contributed by atoms with Gasteiger partial charge in [-0.15, -0.1) is 0 Å². The van der Waals surface area contributed by atoms with E-state index in [0.717, 1.165) is 45.5 Å². The minimum atomic E-state index is -1.25. The smallest absolute Gasteiger partial charge is 0.303 e. The maximum absolute atomic E-state index is 12.6. The first-order valence-corrected chi connectivity index (χ1v) is 19.8. The Kier molecular flexibility index (Phi) is 8.67. The lowest BCUT2D eigenvalue weighted by atomic mass is 9.41. The van der Waals surface area contributed by atoms with Gasteiger partial charge in [-0.2, -0.15) is 0 Å². The van der Waals surface area contributed by atoms with Crippen LogP contribution in [0.5, 0.6) is 0 Å². The van der Waals surface area contributed by atoms with Gasteiger partial charge in [0, 0.05) is 32.0 Å². The molecule has 2 spiro atoms. The normalized spacial score (nSPS) is 49.9. The zero-order valence-electron chi connectivity index (χ0n) is 32.6. The SMILES string of the molecule is CC(=O)O[C@@H]([C@H]1CC(C)C2[C@H](O1)[C@H](O)[C@@]1(C)[C@@H]3CC[C@H]4C(C)(C)[C@@H](O[C@H]5CN(CC(C)(C)C)CCO5)CC[C@@]45C[C@@]35CC[C@]21C)C(C)(C)O. The number of ether oxygens (including phenoxy) is 4. The summed E-state index contributed by atoms with van der Waals surface area (Å²) < 4.78 is 25.8. The van der Waals surface area contributed by atoms with E-state index in [1.165, 1.54) is 32.6 Å². The van der Waals surface area contributed by atoms with E-state index in [9.17, 15) is 15.0 Å². The summed E-state index contributed by atoms with van der Waals surface area (Å²) in [5.41, 5.74) is -0.676. The quantitative estimate of drug-likeness (QED) is 0.302. The molecule has 2 heterocycles. The number of fused-ring (bicyclic) bond motifs is 4. The summed E-state index contributed by atoms with van der Waals surface area (Å²) in [6, 6.07) is 0. The Morgan fingerprint density at radius 3 is 2.33 bits per heavy atom. The lowest BCUT2D eigenvalue weighted by Gasteiger charge is -2.64. The van der Waals surface area contributed by atoms with E-state index in [4.69, 9.17) is 18.9 Å². The van der Waals surface area contributed by atoms with Crippen LogP contribution in [0.25, 0.3) is 0 Å². The fourth-order valence-electron chi connectivity index (χ4n) is 14.4. The number of nitrogens with zero attached hydrogens (tertiary/aromatic N) is 1. The molecule has 8 heteroatoms. The van der Waals surface area contributed by atoms with E-state index < -0.39 is 29.9 Å². The van der Waals surface area contributed by atoms with Crippen LogP contribution in [-0.4, -0.2) is 89.7 Å². The molecule has 2 saturated heterocycles. The molecule has 0 radical (unpaired) electrons. The molecule has 8 nitrogen and oxygen atoms in total. The van der Waals surface area contributed by atoms with Crippen molar-refractivity contribution in [1.82, 2.24) is 4.90 Å². The topological polar surface area (TPSA) is 97.7 Å². The number of aliphatic hydroxyl groups is 2. The van der Waals surface area contributed by atoms with Gasteiger partial charge >= 0.3 is 5.97 Å². The van der Waals surface area contributed by atoms with Gasteiger partial charge in [-0.05, 0) is 116 Å². The van der Waals surface area contributed by atoms with Crippen LogP contribution in [0.4, 0.5) is 0 Å². The van der Waals surface area contributed by atoms with Gasteiger partial charge in [0.25, 0.3) is 0 Å². The highest BCUT2D eigenvalue weighted by atomic mass is 16.7. The van der Waals surface area contributed by atoms with E-state index in [-0.39, 0.29) is 57.4 Å². The summed E-state index contributed by atoms with van der Waals surface area (Å²) in [4.78, 5) is 14.6. The Bertz CT molecular complexity index is 1290. The van der Waals surface area contributed by atoms with E-state index in [2.05, 4.69) is 60.3 Å². The van der Waals surface area contributed by atoms with Gasteiger partial charge in [0.15, 0.2) is 12.4 Å². The fraction of sp³-hybridized carbons (Fsp3) is 0.976. The van der Waals surface area contributed by atoms with Gasteiger partial charge in [-0.3, -0.25) is 9.69 Å². The number of rotatable bonds is 6. The largest absolute Gasteiger partial charge is 0.457 e. The number of aliphatic hydroxyl groups excluding tert-OH is 1. The number of hydrogen-bond acceptors (Lipinski definition) is 8. The fourth-order valence-corrected chi connectivity index (χ4v) is 14.4. The molecule has 0 aromatic carbocycles. The Balaban J connectivity index is 1.11. The predicted octanol–water partition coefficient (Wildman–Crippen LogP) is 6.59. The first-order valence-electron chi connectivity index (χ1n) is 19.8. The molecular weight excluding hydrogens is 618 g/mol. The molecule has 7 fully saturated rings. The average molecular weight is 688 g/mol.